The summed E-state index contributed by atoms with van der Waals surface area (Å²) in [6, 6.07) is 7.86. The van der Waals surface area contributed by atoms with E-state index in [9.17, 15) is 13.2 Å². The Balaban J connectivity index is 1.66. The number of sulfonamides is 1. The van der Waals surface area contributed by atoms with Crippen LogP contribution < -0.4 is 5.32 Å². The van der Waals surface area contributed by atoms with Crippen molar-refractivity contribution in [1.29, 1.82) is 0 Å². The second kappa shape index (κ2) is 8.50. The van der Waals surface area contributed by atoms with Gasteiger partial charge in [-0.1, -0.05) is 15.9 Å². The lowest BCUT2D eigenvalue weighted by Gasteiger charge is -2.30. The molecule has 0 unspecified atom stereocenters. The average molecular weight is 421 g/mol. The average Bonchev–Trinajstić information content (AvgIpc) is 2.52. The Hall–Kier alpha value is -0.570. The highest BCUT2D eigenvalue weighted by Crippen LogP contribution is 2.21. The minimum Gasteiger partial charge on any atom is -0.355 e. The normalized spacial score (nSPS) is 17.1. The smallest absolute Gasteiger partial charge is 0.230 e. The van der Waals surface area contributed by atoms with E-state index in [-0.39, 0.29) is 5.91 Å². The summed E-state index contributed by atoms with van der Waals surface area (Å²) in [7, 11) is -3.08. The second-order valence-electron chi connectivity index (χ2n) is 5.65. The highest BCUT2D eigenvalue weighted by atomic mass is 79.9. The van der Waals surface area contributed by atoms with E-state index in [0.29, 0.717) is 31.3 Å². The van der Waals surface area contributed by atoms with Gasteiger partial charge in [-0.2, -0.15) is 0 Å². The standard InChI is InChI=1S/C15H21BrN2O3S2/c1-23(20,21)18-8-6-12(7-9-18)10-17-15(19)11-22-14-4-2-13(16)3-5-14/h2-5,12H,6-11H2,1H3,(H,17,19). The molecule has 0 atom stereocenters. The molecule has 5 nitrogen and oxygen atoms in total. The molecule has 1 fully saturated rings. The molecule has 23 heavy (non-hydrogen) atoms. The van der Waals surface area contributed by atoms with E-state index in [1.54, 1.807) is 0 Å². The van der Waals surface area contributed by atoms with Crippen LogP contribution in [0.25, 0.3) is 0 Å². The van der Waals surface area contributed by atoms with Gasteiger partial charge in [0, 0.05) is 29.0 Å². The molecule has 1 aromatic carbocycles. The van der Waals surface area contributed by atoms with Crippen LogP contribution in [-0.2, 0) is 14.8 Å². The van der Waals surface area contributed by atoms with E-state index < -0.39 is 10.0 Å². The predicted octanol–water partition coefficient (Wildman–Crippen LogP) is 2.33. The van der Waals surface area contributed by atoms with Crippen LogP contribution in [0, 0.1) is 5.92 Å². The predicted molar refractivity (Wildman–Crippen MR) is 97.0 cm³/mol. The van der Waals surface area contributed by atoms with Gasteiger partial charge in [0.1, 0.15) is 0 Å². The SMILES string of the molecule is CS(=O)(=O)N1CCC(CNC(=O)CSc2ccc(Br)cc2)CC1. The van der Waals surface area contributed by atoms with Crippen molar-refractivity contribution < 1.29 is 13.2 Å². The summed E-state index contributed by atoms with van der Waals surface area (Å²) < 4.78 is 25.4. The quantitative estimate of drug-likeness (QED) is 0.717. The fourth-order valence-electron chi connectivity index (χ4n) is 2.43. The molecule has 0 aromatic heterocycles. The number of thioether (sulfide) groups is 1. The number of nitrogens with zero attached hydrogens (tertiary/aromatic N) is 1. The molecule has 1 amide bonds. The Morgan fingerprint density at radius 2 is 1.91 bits per heavy atom. The van der Waals surface area contributed by atoms with Gasteiger partial charge in [0.25, 0.3) is 0 Å². The molecule has 0 radical (unpaired) electrons. The van der Waals surface area contributed by atoms with Crippen LogP contribution in [-0.4, -0.2) is 50.3 Å². The van der Waals surface area contributed by atoms with Gasteiger partial charge in [-0.3, -0.25) is 4.79 Å². The first kappa shape index (κ1) is 18.8. The van der Waals surface area contributed by atoms with Crippen molar-refractivity contribution >= 4 is 43.6 Å². The van der Waals surface area contributed by atoms with Crippen LogP contribution in [0.1, 0.15) is 12.8 Å². The number of hydrogen-bond acceptors (Lipinski definition) is 4. The van der Waals surface area contributed by atoms with Crippen LogP contribution in [0.4, 0.5) is 0 Å². The van der Waals surface area contributed by atoms with Gasteiger partial charge in [-0.15, -0.1) is 11.8 Å². The Labute approximate surface area is 150 Å². The molecule has 0 aliphatic carbocycles. The molecule has 1 saturated heterocycles. The van der Waals surface area contributed by atoms with Gasteiger partial charge < -0.3 is 5.32 Å². The van der Waals surface area contributed by atoms with E-state index in [1.807, 2.05) is 24.3 Å². The minimum absolute atomic E-state index is 0.0171. The van der Waals surface area contributed by atoms with Crippen LogP contribution in [0.15, 0.2) is 33.6 Å². The van der Waals surface area contributed by atoms with Crippen molar-refractivity contribution in [1.82, 2.24) is 9.62 Å². The van der Waals surface area contributed by atoms with Crippen LogP contribution in [0.3, 0.4) is 0 Å². The molecule has 1 heterocycles. The summed E-state index contributed by atoms with van der Waals surface area (Å²) in [4.78, 5) is 13.0. The number of amides is 1. The molecule has 1 aliphatic rings. The third-order valence-corrected chi connectivity index (χ3v) is 6.66. The first-order chi connectivity index (χ1) is 10.8. The highest BCUT2D eigenvalue weighted by Gasteiger charge is 2.24. The minimum atomic E-state index is -3.08. The zero-order chi connectivity index (χ0) is 16.9. The fraction of sp³-hybridized carbons (Fsp3) is 0.533. The molecule has 0 spiro atoms. The first-order valence-corrected chi connectivity index (χ1v) is 11.1. The van der Waals surface area contributed by atoms with Crippen molar-refractivity contribution in [3.05, 3.63) is 28.7 Å². The summed E-state index contributed by atoms with van der Waals surface area (Å²) in [6.07, 6.45) is 2.84. The van der Waals surface area contributed by atoms with Gasteiger partial charge in [0.05, 0.1) is 12.0 Å². The Morgan fingerprint density at radius 1 is 1.30 bits per heavy atom. The molecule has 0 bridgehead atoms. The number of benzene rings is 1. The topological polar surface area (TPSA) is 66.5 Å². The lowest BCUT2D eigenvalue weighted by atomic mass is 9.98. The number of rotatable bonds is 6. The number of halogens is 1. The number of hydrogen-bond donors (Lipinski definition) is 1. The number of carbonyl (C=O) groups excluding carboxylic acids is 1. The van der Waals surface area contributed by atoms with Crippen molar-refractivity contribution in [3.63, 3.8) is 0 Å². The number of carbonyl (C=O) groups is 1. The van der Waals surface area contributed by atoms with E-state index >= 15 is 0 Å². The van der Waals surface area contributed by atoms with Crippen LogP contribution in [0.5, 0.6) is 0 Å². The molecule has 8 heteroatoms. The monoisotopic (exact) mass is 420 g/mol. The van der Waals surface area contributed by atoms with E-state index in [1.165, 1.54) is 22.3 Å². The van der Waals surface area contributed by atoms with Gasteiger partial charge in [0.15, 0.2) is 0 Å². The summed E-state index contributed by atoms with van der Waals surface area (Å²) in [6.45, 7) is 1.72. The van der Waals surface area contributed by atoms with Gasteiger partial charge in [-0.05, 0) is 43.0 Å². The Morgan fingerprint density at radius 3 is 2.48 bits per heavy atom. The van der Waals surface area contributed by atoms with Crippen LogP contribution >= 0.6 is 27.7 Å². The molecule has 2 rings (SSSR count). The lowest BCUT2D eigenvalue weighted by Crippen LogP contribution is -2.41. The van der Waals surface area contributed by atoms with Gasteiger partial charge in [-0.25, -0.2) is 12.7 Å². The second-order valence-corrected chi connectivity index (χ2v) is 9.60. The molecule has 0 saturated carbocycles. The third-order valence-electron chi connectivity index (χ3n) is 3.81. The largest absolute Gasteiger partial charge is 0.355 e. The van der Waals surface area contributed by atoms with E-state index in [4.69, 9.17) is 0 Å². The molecule has 128 valence electrons. The zero-order valence-electron chi connectivity index (χ0n) is 13.0. The number of nitrogens with one attached hydrogen (secondary N) is 1. The molecular weight excluding hydrogens is 400 g/mol. The van der Waals surface area contributed by atoms with Gasteiger partial charge >= 0.3 is 0 Å². The van der Waals surface area contributed by atoms with E-state index in [0.717, 1.165) is 22.2 Å². The number of piperidine rings is 1. The fourth-order valence-corrected chi connectivity index (χ4v) is 4.30. The summed E-state index contributed by atoms with van der Waals surface area (Å²) in [5, 5.41) is 2.95. The van der Waals surface area contributed by atoms with Crippen molar-refractivity contribution in [3.8, 4) is 0 Å². The van der Waals surface area contributed by atoms with Gasteiger partial charge in [0.2, 0.25) is 15.9 Å². The summed E-state index contributed by atoms with van der Waals surface area (Å²) in [5.74, 6) is 0.766. The van der Waals surface area contributed by atoms with Crippen molar-refractivity contribution in [2.45, 2.75) is 17.7 Å². The first-order valence-electron chi connectivity index (χ1n) is 7.45. The van der Waals surface area contributed by atoms with Crippen LogP contribution in [0.2, 0.25) is 0 Å². The highest BCUT2D eigenvalue weighted by molar-refractivity contribution is 9.10. The molecule has 1 aromatic rings. The van der Waals surface area contributed by atoms with E-state index in [2.05, 4.69) is 21.2 Å². The zero-order valence-corrected chi connectivity index (χ0v) is 16.2. The van der Waals surface area contributed by atoms with Crippen molar-refractivity contribution in [2.75, 3.05) is 31.6 Å². The molecular formula is C15H21BrN2O3S2. The molecule has 1 aliphatic heterocycles. The maximum atomic E-state index is 11.9. The Bertz CT molecular complexity index is 627. The summed E-state index contributed by atoms with van der Waals surface area (Å²) >= 11 is 4.89. The molecule has 1 N–H and O–H groups in total. The maximum Gasteiger partial charge on any atom is 0.230 e. The lowest BCUT2D eigenvalue weighted by molar-refractivity contribution is -0.118. The summed E-state index contributed by atoms with van der Waals surface area (Å²) in [5.41, 5.74) is 0. The van der Waals surface area contributed by atoms with Crippen molar-refractivity contribution in [2.24, 2.45) is 5.92 Å². The third kappa shape index (κ3) is 6.45. The maximum absolute atomic E-state index is 11.9. The Kier molecular flexibility index (Phi) is 6.94.